The summed E-state index contributed by atoms with van der Waals surface area (Å²) < 4.78 is 48.6. The molecule has 2 aliphatic heterocycles. The zero-order chi connectivity index (χ0) is 26.4. The van der Waals surface area contributed by atoms with Gasteiger partial charge in [-0.05, 0) is 18.9 Å². The molecule has 1 N–H and O–H groups in total. The van der Waals surface area contributed by atoms with Gasteiger partial charge in [-0.15, -0.1) is 10.2 Å². The first-order chi connectivity index (χ1) is 17.7. The van der Waals surface area contributed by atoms with E-state index >= 15 is 0 Å². The number of likely N-dealkylation sites (N-methyl/N-ethyl adjacent to an activating group) is 1. The second kappa shape index (κ2) is 9.63. The van der Waals surface area contributed by atoms with E-state index in [1.165, 1.54) is 15.8 Å². The summed E-state index contributed by atoms with van der Waals surface area (Å²) in [6, 6.07) is 1.14. The standard InChI is InChI=1S/C24H22F3N5O4S/c1-3-19-30(2)24(35)20-22(34)21(33)15(11-32(20)31(19)10-13-5-4-6-36-13)23-29-28-18(37-23)9-14-16(26)7-12(25)8-17(14)27/h3,7-8,11,13,19,34H,1,4-6,9-10H2,2H3/t13-,19-/m0/s1. The van der Waals surface area contributed by atoms with Crippen molar-refractivity contribution in [3.05, 3.63) is 74.9 Å². The van der Waals surface area contributed by atoms with Gasteiger partial charge in [-0.2, -0.15) is 0 Å². The van der Waals surface area contributed by atoms with Gasteiger partial charge in [0.05, 0.1) is 18.2 Å². The van der Waals surface area contributed by atoms with Gasteiger partial charge < -0.3 is 14.7 Å². The van der Waals surface area contributed by atoms with Crippen LogP contribution in [-0.4, -0.2) is 63.3 Å². The van der Waals surface area contributed by atoms with E-state index < -0.39 is 40.7 Å². The summed E-state index contributed by atoms with van der Waals surface area (Å²) in [5, 5.41) is 20.7. The first-order valence-electron chi connectivity index (χ1n) is 11.4. The van der Waals surface area contributed by atoms with Gasteiger partial charge in [-0.3, -0.25) is 19.3 Å². The molecule has 2 aromatic heterocycles. The lowest BCUT2D eigenvalue weighted by molar-refractivity contribution is 0.0624. The average Bonchev–Trinajstić information content (AvgIpc) is 3.54. The van der Waals surface area contributed by atoms with Crippen LogP contribution in [0.5, 0.6) is 5.75 Å². The SMILES string of the molecule is C=C[C@H]1N(C)C(=O)c2c(O)c(=O)c(-c3nnc(Cc4c(F)cc(F)cc4F)s3)cn2N1C[C@@H]1CCCO1. The Morgan fingerprint density at radius 1 is 1.24 bits per heavy atom. The molecule has 13 heteroatoms. The molecule has 1 aromatic carbocycles. The molecular formula is C24H22F3N5O4S. The second-order valence-electron chi connectivity index (χ2n) is 8.76. The highest BCUT2D eigenvalue weighted by Crippen LogP contribution is 2.30. The van der Waals surface area contributed by atoms with Crippen molar-refractivity contribution < 1.29 is 27.8 Å². The molecule has 1 fully saturated rings. The van der Waals surface area contributed by atoms with Crippen LogP contribution in [0, 0.1) is 17.5 Å². The third-order valence-corrected chi connectivity index (χ3v) is 7.38. The largest absolute Gasteiger partial charge is 0.502 e. The highest BCUT2D eigenvalue weighted by atomic mass is 32.1. The van der Waals surface area contributed by atoms with E-state index in [1.807, 2.05) is 0 Å². The first-order valence-corrected chi connectivity index (χ1v) is 12.2. The zero-order valence-corrected chi connectivity index (χ0v) is 20.5. The fourth-order valence-corrected chi connectivity index (χ4v) is 5.42. The smallest absolute Gasteiger partial charge is 0.278 e. The molecule has 0 unspecified atom stereocenters. The highest BCUT2D eigenvalue weighted by molar-refractivity contribution is 7.14. The Balaban J connectivity index is 1.56. The maximum absolute atomic E-state index is 14.1. The number of amides is 1. The van der Waals surface area contributed by atoms with Gasteiger partial charge in [0.15, 0.2) is 16.5 Å². The number of halogens is 3. The van der Waals surface area contributed by atoms with E-state index in [1.54, 1.807) is 18.1 Å². The number of hydrogen-bond acceptors (Lipinski definition) is 8. The average molecular weight is 534 g/mol. The van der Waals surface area contributed by atoms with Crippen molar-refractivity contribution in [2.75, 3.05) is 25.2 Å². The predicted molar refractivity (Wildman–Crippen MR) is 129 cm³/mol. The summed E-state index contributed by atoms with van der Waals surface area (Å²) in [4.78, 5) is 27.5. The Labute approximate surface area is 213 Å². The van der Waals surface area contributed by atoms with Crippen LogP contribution in [0.15, 0.2) is 35.8 Å². The van der Waals surface area contributed by atoms with Crippen LogP contribution in [0.2, 0.25) is 0 Å². The minimum Gasteiger partial charge on any atom is -0.502 e. The number of aromatic hydroxyl groups is 1. The molecule has 194 valence electrons. The lowest BCUT2D eigenvalue weighted by Crippen LogP contribution is -2.60. The van der Waals surface area contributed by atoms with Crippen molar-refractivity contribution >= 4 is 17.2 Å². The first kappa shape index (κ1) is 25.0. The van der Waals surface area contributed by atoms with Crippen LogP contribution in [-0.2, 0) is 11.2 Å². The molecule has 4 heterocycles. The Bertz CT molecular complexity index is 1430. The number of nitrogens with zero attached hydrogens (tertiary/aromatic N) is 5. The van der Waals surface area contributed by atoms with Crippen molar-refractivity contribution in [3.63, 3.8) is 0 Å². The maximum Gasteiger partial charge on any atom is 0.278 e. The van der Waals surface area contributed by atoms with Crippen molar-refractivity contribution in [2.45, 2.75) is 31.5 Å². The maximum atomic E-state index is 14.1. The Hall–Kier alpha value is -3.71. The molecule has 37 heavy (non-hydrogen) atoms. The Kier molecular flexibility index (Phi) is 6.50. The fourth-order valence-electron chi connectivity index (χ4n) is 4.56. The molecule has 5 rings (SSSR count). The number of ether oxygens (including phenoxy) is 1. The molecule has 3 aromatic rings. The quantitative estimate of drug-likeness (QED) is 0.487. The molecule has 9 nitrogen and oxygen atoms in total. The van der Waals surface area contributed by atoms with Gasteiger partial charge in [-0.25, -0.2) is 13.2 Å². The lowest BCUT2D eigenvalue weighted by Gasteiger charge is -2.44. The second-order valence-corrected chi connectivity index (χ2v) is 9.82. The number of aromatic nitrogens is 3. The number of fused-ring (bicyclic) bond motifs is 1. The van der Waals surface area contributed by atoms with E-state index in [0.717, 1.165) is 24.2 Å². The molecule has 1 saturated heterocycles. The van der Waals surface area contributed by atoms with Gasteiger partial charge in [0.1, 0.15) is 28.6 Å². The van der Waals surface area contributed by atoms with Crippen LogP contribution in [0.4, 0.5) is 13.2 Å². The highest BCUT2D eigenvalue weighted by Gasteiger charge is 2.38. The minimum atomic E-state index is -1.07. The summed E-state index contributed by atoms with van der Waals surface area (Å²) in [5.74, 6) is -4.51. The van der Waals surface area contributed by atoms with E-state index in [-0.39, 0.29) is 39.4 Å². The number of hydrogen-bond donors (Lipinski definition) is 1. The van der Waals surface area contributed by atoms with Gasteiger partial charge in [0.2, 0.25) is 5.43 Å². The Morgan fingerprint density at radius 2 is 1.97 bits per heavy atom. The molecule has 0 aliphatic carbocycles. The lowest BCUT2D eigenvalue weighted by atomic mass is 10.1. The number of benzene rings is 1. The molecule has 0 bridgehead atoms. The molecular weight excluding hydrogens is 511 g/mol. The van der Waals surface area contributed by atoms with Gasteiger partial charge >= 0.3 is 0 Å². The summed E-state index contributed by atoms with van der Waals surface area (Å²) in [5.41, 5.74) is -1.50. The number of carbonyl (C=O) groups is 1. The van der Waals surface area contributed by atoms with Crippen molar-refractivity contribution in [2.24, 2.45) is 0 Å². The third kappa shape index (κ3) is 4.37. The van der Waals surface area contributed by atoms with E-state index in [0.29, 0.717) is 25.3 Å². The van der Waals surface area contributed by atoms with Crippen LogP contribution < -0.4 is 10.4 Å². The van der Waals surface area contributed by atoms with Crippen molar-refractivity contribution in [1.82, 2.24) is 19.8 Å². The molecule has 0 saturated carbocycles. The number of rotatable bonds is 6. The number of pyridine rings is 1. The summed E-state index contributed by atoms with van der Waals surface area (Å²) in [6.45, 7) is 4.80. The Morgan fingerprint density at radius 3 is 2.62 bits per heavy atom. The zero-order valence-electron chi connectivity index (χ0n) is 19.7. The monoisotopic (exact) mass is 533 g/mol. The van der Waals surface area contributed by atoms with Crippen LogP contribution in [0.3, 0.4) is 0 Å². The van der Waals surface area contributed by atoms with Crippen LogP contribution >= 0.6 is 11.3 Å². The van der Waals surface area contributed by atoms with E-state index in [9.17, 15) is 27.9 Å². The van der Waals surface area contributed by atoms with Crippen LogP contribution in [0.1, 0.15) is 33.9 Å². The molecule has 0 spiro atoms. The van der Waals surface area contributed by atoms with Gasteiger partial charge in [0, 0.05) is 44.0 Å². The van der Waals surface area contributed by atoms with Gasteiger partial charge in [0.25, 0.3) is 5.91 Å². The summed E-state index contributed by atoms with van der Waals surface area (Å²) >= 11 is 0.886. The van der Waals surface area contributed by atoms with Gasteiger partial charge in [-0.1, -0.05) is 17.9 Å². The number of carbonyl (C=O) groups excluding carboxylic acids is 1. The molecule has 0 radical (unpaired) electrons. The third-order valence-electron chi connectivity index (χ3n) is 6.42. The van der Waals surface area contributed by atoms with E-state index in [4.69, 9.17) is 4.74 Å². The molecule has 1 amide bonds. The van der Waals surface area contributed by atoms with Crippen molar-refractivity contribution in [3.8, 4) is 16.3 Å². The normalized spacial score (nSPS) is 19.4. The summed E-state index contributed by atoms with van der Waals surface area (Å²) in [6.07, 6.45) is 3.62. The summed E-state index contributed by atoms with van der Waals surface area (Å²) in [7, 11) is 1.54. The molecule has 2 atom stereocenters. The fraction of sp³-hybridized carbons (Fsp3) is 0.333. The van der Waals surface area contributed by atoms with E-state index in [2.05, 4.69) is 16.8 Å². The van der Waals surface area contributed by atoms with Crippen LogP contribution in [0.25, 0.3) is 10.6 Å². The topological polar surface area (TPSA) is 101 Å². The predicted octanol–water partition coefficient (Wildman–Crippen LogP) is 2.80. The minimum absolute atomic E-state index is 0.0532. The molecule has 2 aliphatic rings. The van der Waals surface area contributed by atoms with Crippen molar-refractivity contribution in [1.29, 1.82) is 0 Å².